The van der Waals surface area contributed by atoms with E-state index in [9.17, 15) is 28.8 Å². The number of hydrogen-bond donors (Lipinski definition) is 4. The number of hydrogen-bond acceptors (Lipinski definition) is 10. The Labute approximate surface area is 261 Å². The molecule has 0 aliphatic carbocycles. The van der Waals surface area contributed by atoms with E-state index in [1.807, 2.05) is 0 Å². The van der Waals surface area contributed by atoms with Gasteiger partial charge in [-0.1, -0.05) is 20.8 Å². The van der Waals surface area contributed by atoms with Crippen LogP contribution in [0.5, 0.6) is 0 Å². The van der Waals surface area contributed by atoms with Gasteiger partial charge in [0, 0.05) is 36.2 Å². The maximum atomic E-state index is 12.9. The Morgan fingerprint density at radius 3 is 2.42 bits per heavy atom. The van der Waals surface area contributed by atoms with Gasteiger partial charge >= 0.3 is 11.9 Å². The van der Waals surface area contributed by atoms with Gasteiger partial charge in [-0.05, 0) is 63.3 Å². The van der Waals surface area contributed by atoms with Gasteiger partial charge in [0.1, 0.15) is 11.9 Å². The zero-order chi connectivity index (χ0) is 33.1. The summed E-state index contributed by atoms with van der Waals surface area (Å²) in [6.45, 7) is 9.83. The SMILES string of the molecule is CCOC(=O)CC[C@H](NC(=O)c1ccc(N(C=O)CCC2CNc3nc(NC(=O)C(C)(C)C)[nH]c(=O)c3C2)cc1)C(=O)OCC. The lowest BCUT2D eigenvalue weighted by Gasteiger charge is -2.27. The minimum absolute atomic E-state index is 0.0256. The van der Waals surface area contributed by atoms with E-state index in [-0.39, 0.29) is 55.0 Å². The summed E-state index contributed by atoms with van der Waals surface area (Å²) in [6.07, 6.45) is 1.69. The Hall–Kier alpha value is -4.75. The molecule has 4 N–H and O–H groups in total. The lowest BCUT2D eigenvalue weighted by Crippen LogP contribution is -2.42. The first-order valence-corrected chi connectivity index (χ1v) is 15.0. The second-order valence-electron chi connectivity index (χ2n) is 11.7. The van der Waals surface area contributed by atoms with Crippen LogP contribution in [0.2, 0.25) is 0 Å². The fraction of sp³-hybridized carbons (Fsp3) is 0.516. The molecule has 244 valence electrons. The molecule has 14 nitrogen and oxygen atoms in total. The van der Waals surface area contributed by atoms with Crippen molar-refractivity contribution in [2.75, 3.05) is 41.8 Å². The molecular weight excluding hydrogens is 584 g/mol. The topological polar surface area (TPSA) is 189 Å². The highest BCUT2D eigenvalue weighted by atomic mass is 16.5. The summed E-state index contributed by atoms with van der Waals surface area (Å²) in [5.41, 5.74) is 0.315. The van der Waals surface area contributed by atoms with Gasteiger partial charge in [-0.3, -0.25) is 34.3 Å². The fourth-order valence-corrected chi connectivity index (χ4v) is 4.59. The minimum atomic E-state index is -1.03. The molecule has 14 heteroatoms. The number of amides is 3. The van der Waals surface area contributed by atoms with E-state index < -0.39 is 29.3 Å². The van der Waals surface area contributed by atoms with Gasteiger partial charge in [-0.25, -0.2) is 4.79 Å². The van der Waals surface area contributed by atoms with E-state index in [0.717, 1.165) is 0 Å². The summed E-state index contributed by atoms with van der Waals surface area (Å²) in [4.78, 5) is 82.5. The van der Waals surface area contributed by atoms with Crippen LogP contribution < -0.4 is 26.4 Å². The Kier molecular flexibility index (Phi) is 12.2. The number of fused-ring (bicyclic) bond motifs is 1. The largest absolute Gasteiger partial charge is 0.466 e. The molecule has 1 aliphatic heterocycles. The first kappa shape index (κ1) is 34.7. The number of esters is 2. The number of rotatable bonds is 14. The first-order valence-electron chi connectivity index (χ1n) is 15.0. The highest BCUT2D eigenvalue weighted by Gasteiger charge is 2.27. The van der Waals surface area contributed by atoms with E-state index in [1.165, 1.54) is 17.0 Å². The van der Waals surface area contributed by atoms with E-state index in [2.05, 4.69) is 25.9 Å². The lowest BCUT2D eigenvalue weighted by atomic mass is 9.93. The smallest absolute Gasteiger partial charge is 0.328 e. The monoisotopic (exact) mass is 626 g/mol. The lowest BCUT2D eigenvalue weighted by molar-refractivity contribution is -0.147. The molecule has 0 fully saturated rings. The zero-order valence-corrected chi connectivity index (χ0v) is 26.4. The molecule has 3 rings (SSSR count). The van der Waals surface area contributed by atoms with E-state index in [1.54, 1.807) is 46.8 Å². The van der Waals surface area contributed by atoms with Crippen LogP contribution in [0, 0.1) is 11.3 Å². The van der Waals surface area contributed by atoms with Crippen LogP contribution in [0.15, 0.2) is 29.1 Å². The second kappa shape index (κ2) is 15.8. The molecule has 3 amide bonds. The van der Waals surface area contributed by atoms with Crippen molar-refractivity contribution in [3.63, 3.8) is 0 Å². The summed E-state index contributed by atoms with van der Waals surface area (Å²) < 4.78 is 9.94. The van der Waals surface area contributed by atoms with Crippen LogP contribution in [0.4, 0.5) is 17.5 Å². The standard InChI is InChI=1S/C31H42N6O8/c1-6-44-24(39)13-12-23(28(42)45-7-2)33-26(40)20-8-10-21(11-9-20)37(18-38)15-14-19-16-22-25(32-17-19)34-30(35-27(22)41)36-29(43)31(3,4)5/h8-11,18-19,23H,6-7,12-17H2,1-5H3,(H,33,40)(H3,32,34,35,36,41,43)/t19?,23-/m0/s1. The maximum Gasteiger partial charge on any atom is 0.328 e. The van der Waals surface area contributed by atoms with E-state index in [0.29, 0.717) is 49.4 Å². The summed E-state index contributed by atoms with van der Waals surface area (Å²) in [5, 5.41) is 8.42. The van der Waals surface area contributed by atoms with Crippen molar-refractivity contribution < 1.29 is 33.4 Å². The zero-order valence-electron chi connectivity index (χ0n) is 26.4. The summed E-state index contributed by atoms with van der Waals surface area (Å²) in [5.74, 6) is -1.39. The molecular formula is C31H42N6O8. The van der Waals surface area contributed by atoms with Gasteiger partial charge in [-0.2, -0.15) is 4.98 Å². The van der Waals surface area contributed by atoms with Crippen LogP contribution in [-0.4, -0.2) is 72.5 Å². The summed E-state index contributed by atoms with van der Waals surface area (Å²) in [7, 11) is 0. The number of carbonyl (C=O) groups excluding carboxylic acids is 5. The number of ether oxygens (including phenoxy) is 2. The van der Waals surface area contributed by atoms with Gasteiger partial charge in [0.05, 0.1) is 18.8 Å². The molecule has 0 spiro atoms. The third-order valence-corrected chi connectivity index (χ3v) is 7.17. The van der Waals surface area contributed by atoms with Crippen LogP contribution in [0.1, 0.15) is 69.8 Å². The highest BCUT2D eigenvalue weighted by molar-refractivity contribution is 5.97. The summed E-state index contributed by atoms with van der Waals surface area (Å²) in [6, 6.07) is 5.29. The quantitative estimate of drug-likeness (QED) is 0.179. The molecule has 45 heavy (non-hydrogen) atoms. The molecule has 0 radical (unpaired) electrons. The molecule has 0 saturated heterocycles. The molecule has 0 saturated carbocycles. The molecule has 1 unspecified atom stereocenters. The van der Waals surface area contributed by atoms with Crippen LogP contribution in [-0.2, 0) is 35.1 Å². The number of benzene rings is 1. The van der Waals surface area contributed by atoms with E-state index in [4.69, 9.17) is 9.47 Å². The number of carbonyl (C=O) groups is 5. The van der Waals surface area contributed by atoms with Crippen molar-refractivity contribution >= 4 is 47.6 Å². The molecule has 1 aliphatic rings. The predicted molar refractivity (Wildman–Crippen MR) is 167 cm³/mol. The number of aromatic amines is 1. The molecule has 2 heterocycles. The molecule has 1 aromatic heterocycles. The Morgan fingerprint density at radius 1 is 1.11 bits per heavy atom. The van der Waals surface area contributed by atoms with Gasteiger partial charge in [0.25, 0.3) is 11.5 Å². The average molecular weight is 627 g/mol. The second-order valence-corrected chi connectivity index (χ2v) is 11.7. The fourth-order valence-electron chi connectivity index (χ4n) is 4.59. The summed E-state index contributed by atoms with van der Waals surface area (Å²) >= 11 is 0. The maximum absolute atomic E-state index is 12.9. The number of anilines is 3. The Balaban J connectivity index is 1.59. The van der Waals surface area contributed by atoms with Gasteiger partial charge in [0.2, 0.25) is 18.3 Å². The van der Waals surface area contributed by atoms with Crippen molar-refractivity contribution in [3.8, 4) is 0 Å². The Morgan fingerprint density at radius 2 is 1.80 bits per heavy atom. The molecule has 2 aromatic rings. The predicted octanol–water partition coefficient (Wildman–Crippen LogP) is 2.40. The highest BCUT2D eigenvalue weighted by Crippen LogP contribution is 2.24. The number of aromatic nitrogens is 2. The van der Waals surface area contributed by atoms with Crippen LogP contribution >= 0.6 is 0 Å². The average Bonchev–Trinajstić information content (AvgIpc) is 2.99. The number of H-pyrrole nitrogens is 1. The third kappa shape index (κ3) is 9.88. The number of nitrogens with one attached hydrogen (secondary N) is 4. The van der Waals surface area contributed by atoms with Gasteiger partial charge < -0.3 is 25.0 Å². The molecule has 1 aromatic carbocycles. The van der Waals surface area contributed by atoms with Crippen molar-refractivity contribution in [1.29, 1.82) is 0 Å². The van der Waals surface area contributed by atoms with Crippen LogP contribution in [0.25, 0.3) is 0 Å². The number of nitrogens with zero attached hydrogens (tertiary/aromatic N) is 2. The van der Waals surface area contributed by atoms with Gasteiger partial charge in [0.15, 0.2) is 0 Å². The van der Waals surface area contributed by atoms with Gasteiger partial charge in [-0.15, -0.1) is 0 Å². The molecule has 0 bridgehead atoms. The molecule has 2 atom stereocenters. The normalized spacial score (nSPS) is 14.6. The first-order chi connectivity index (χ1) is 21.4. The van der Waals surface area contributed by atoms with Crippen LogP contribution in [0.3, 0.4) is 0 Å². The van der Waals surface area contributed by atoms with Crippen molar-refractivity contribution in [2.24, 2.45) is 11.3 Å². The van der Waals surface area contributed by atoms with Crippen molar-refractivity contribution in [3.05, 3.63) is 45.7 Å². The van der Waals surface area contributed by atoms with E-state index >= 15 is 0 Å². The third-order valence-electron chi connectivity index (χ3n) is 7.17. The Bertz CT molecular complexity index is 1430. The minimum Gasteiger partial charge on any atom is -0.466 e. The van der Waals surface area contributed by atoms with Crippen molar-refractivity contribution in [2.45, 2.75) is 66.3 Å². The van der Waals surface area contributed by atoms with Crippen molar-refractivity contribution in [1.82, 2.24) is 15.3 Å².